The van der Waals surface area contributed by atoms with E-state index in [0.717, 1.165) is 41.1 Å². The van der Waals surface area contributed by atoms with Crippen LogP contribution >= 0.6 is 0 Å². The zero-order valence-corrected chi connectivity index (χ0v) is 17.3. The number of nitrogens with one attached hydrogen (secondary N) is 1. The molecule has 1 saturated heterocycles. The van der Waals surface area contributed by atoms with Crippen molar-refractivity contribution in [2.75, 3.05) is 13.1 Å². The van der Waals surface area contributed by atoms with Crippen molar-refractivity contribution in [3.8, 4) is 0 Å². The van der Waals surface area contributed by atoms with Gasteiger partial charge in [0.1, 0.15) is 5.69 Å². The zero-order chi connectivity index (χ0) is 22.9. The molecule has 1 aliphatic rings. The van der Waals surface area contributed by atoms with Crippen molar-refractivity contribution in [1.82, 2.24) is 20.1 Å². The summed E-state index contributed by atoms with van der Waals surface area (Å²) in [6, 6.07) is 11.7. The summed E-state index contributed by atoms with van der Waals surface area (Å²) in [5, 5.41) is 6.07. The fraction of sp³-hybridized carbons (Fsp3) is 0.304. The first kappa shape index (κ1) is 21.7. The summed E-state index contributed by atoms with van der Waals surface area (Å²) < 4.78 is 38.4. The second-order valence-corrected chi connectivity index (χ2v) is 7.96. The first-order chi connectivity index (χ1) is 15.2. The lowest BCUT2D eigenvalue weighted by Crippen LogP contribution is -2.30. The van der Waals surface area contributed by atoms with Gasteiger partial charge in [-0.1, -0.05) is 12.1 Å². The number of halogens is 3. The minimum atomic E-state index is -4.35. The van der Waals surface area contributed by atoms with E-state index in [9.17, 15) is 22.8 Å². The summed E-state index contributed by atoms with van der Waals surface area (Å²) in [5.41, 5.74) is 2.56. The maximum absolute atomic E-state index is 12.8. The Morgan fingerprint density at radius 2 is 1.88 bits per heavy atom. The summed E-state index contributed by atoms with van der Waals surface area (Å²) in [6.45, 7) is 2.91. The van der Waals surface area contributed by atoms with Gasteiger partial charge in [-0.05, 0) is 61.2 Å². The highest BCUT2D eigenvalue weighted by molar-refractivity contribution is 5.92. The Balaban J connectivity index is 1.47. The average Bonchev–Trinajstić information content (AvgIpc) is 3.23. The maximum atomic E-state index is 12.8. The van der Waals surface area contributed by atoms with Crippen LogP contribution in [-0.4, -0.2) is 39.1 Å². The summed E-state index contributed by atoms with van der Waals surface area (Å²) in [6.07, 6.45) is -3.12. The number of carbonyl (C=O) groups excluding carboxylic acids is 1. The largest absolute Gasteiger partial charge is 0.416 e. The molecule has 2 aromatic heterocycles. The highest BCUT2D eigenvalue weighted by atomic mass is 19.4. The van der Waals surface area contributed by atoms with Crippen LogP contribution in [0.1, 0.15) is 50.9 Å². The predicted molar refractivity (Wildman–Crippen MR) is 111 cm³/mol. The minimum absolute atomic E-state index is 0.0490. The number of rotatable bonds is 4. The van der Waals surface area contributed by atoms with E-state index in [4.69, 9.17) is 0 Å². The van der Waals surface area contributed by atoms with E-state index in [2.05, 4.69) is 15.2 Å². The first-order valence-electron chi connectivity index (χ1n) is 10.2. The van der Waals surface area contributed by atoms with Crippen LogP contribution in [0, 0.1) is 6.92 Å². The number of aromatic amines is 1. The average molecular weight is 442 g/mol. The molecular weight excluding hydrogens is 421 g/mol. The Morgan fingerprint density at radius 1 is 1.12 bits per heavy atom. The number of alkyl halides is 3. The number of hydrogen-bond donors (Lipinski definition) is 1. The molecular formula is C23H21F3N4O2. The van der Waals surface area contributed by atoms with Crippen molar-refractivity contribution in [2.24, 2.45) is 0 Å². The highest BCUT2D eigenvalue weighted by Crippen LogP contribution is 2.30. The van der Waals surface area contributed by atoms with Crippen LogP contribution in [0.25, 0.3) is 0 Å². The zero-order valence-electron chi connectivity index (χ0n) is 17.3. The molecule has 0 unspecified atom stereocenters. The van der Waals surface area contributed by atoms with Gasteiger partial charge in [0.25, 0.3) is 11.5 Å². The Kier molecular flexibility index (Phi) is 5.82. The van der Waals surface area contributed by atoms with Crippen LogP contribution in [0.3, 0.4) is 0 Å². The number of hydrogen-bond acceptors (Lipinski definition) is 4. The molecule has 1 fully saturated rings. The Morgan fingerprint density at radius 3 is 2.53 bits per heavy atom. The quantitative estimate of drug-likeness (QED) is 0.668. The van der Waals surface area contributed by atoms with E-state index in [1.807, 2.05) is 19.1 Å². The Hall–Kier alpha value is -3.49. The van der Waals surface area contributed by atoms with Crippen LogP contribution in [0.15, 0.2) is 53.3 Å². The van der Waals surface area contributed by atoms with Crippen LogP contribution in [0.4, 0.5) is 13.2 Å². The molecule has 3 aromatic rings. The number of pyridine rings is 1. The van der Waals surface area contributed by atoms with Gasteiger partial charge in [0, 0.05) is 36.5 Å². The fourth-order valence-corrected chi connectivity index (χ4v) is 3.94. The minimum Gasteiger partial charge on any atom is -0.337 e. The van der Waals surface area contributed by atoms with Gasteiger partial charge in [-0.3, -0.25) is 14.6 Å². The third-order valence-electron chi connectivity index (χ3n) is 5.51. The Bertz CT molecular complexity index is 1170. The molecule has 1 aliphatic heterocycles. The molecule has 1 atom stereocenters. The van der Waals surface area contributed by atoms with Gasteiger partial charge in [-0.25, -0.2) is 5.10 Å². The number of aryl methyl sites for hydroxylation is 1. The molecule has 1 N–H and O–H groups in total. The van der Waals surface area contributed by atoms with Gasteiger partial charge >= 0.3 is 6.18 Å². The topological polar surface area (TPSA) is 79.0 Å². The molecule has 1 aromatic carbocycles. The number of amides is 1. The van der Waals surface area contributed by atoms with Crippen molar-refractivity contribution in [2.45, 2.75) is 31.9 Å². The van der Waals surface area contributed by atoms with Gasteiger partial charge < -0.3 is 4.90 Å². The van der Waals surface area contributed by atoms with E-state index < -0.39 is 11.7 Å². The maximum Gasteiger partial charge on any atom is 0.416 e. The van der Waals surface area contributed by atoms with E-state index >= 15 is 0 Å². The van der Waals surface area contributed by atoms with Gasteiger partial charge in [0.2, 0.25) is 0 Å². The van der Waals surface area contributed by atoms with Crippen LogP contribution < -0.4 is 5.56 Å². The molecule has 0 spiro atoms. The van der Waals surface area contributed by atoms with Crippen molar-refractivity contribution in [1.29, 1.82) is 0 Å². The monoisotopic (exact) mass is 442 g/mol. The highest BCUT2D eigenvalue weighted by Gasteiger charge is 2.31. The van der Waals surface area contributed by atoms with E-state index in [1.54, 1.807) is 4.90 Å². The summed E-state index contributed by atoms with van der Waals surface area (Å²) in [7, 11) is 0. The van der Waals surface area contributed by atoms with Gasteiger partial charge in [0.15, 0.2) is 0 Å². The first-order valence-corrected chi connectivity index (χ1v) is 10.2. The SMILES string of the molecule is Cc1cc(Cc2ccc(C(F)(F)F)cc2)cc([C@H]2CCN(C(=O)c3ccc(=O)[nH]n3)C2)n1. The number of H-pyrrole nitrogens is 1. The van der Waals surface area contributed by atoms with Crippen molar-refractivity contribution < 1.29 is 18.0 Å². The lowest BCUT2D eigenvalue weighted by Gasteiger charge is -2.16. The summed E-state index contributed by atoms with van der Waals surface area (Å²) in [5.74, 6) is -0.200. The summed E-state index contributed by atoms with van der Waals surface area (Å²) in [4.78, 5) is 30.1. The van der Waals surface area contributed by atoms with Gasteiger partial charge in [-0.2, -0.15) is 18.3 Å². The molecule has 0 radical (unpaired) electrons. The third kappa shape index (κ3) is 4.87. The molecule has 0 bridgehead atoms. The van der Waals surface area contributed by atoms with Crippen LogP contribution in [-0.2, 0) is 12.6 Å². The van der Waals surface area contributed by atoms with Crippen molar-refractivity contribution in [3.63, 3.8) is 0 Å². The molecule has 9 heteroatoms. The normalized spacial score (nSPS) is 16.4. The van der Waals surface area contributed by atoms with Gasteiger partial charge in [-0.15, -0.1) is 0 Å². The van der Waals surface area contributed by atoms with Crippen LogP contribution in [0.5, 0.6) is 0 Å². The van der Waals surface area contributed by atoms with E-state index in [-0.39, 0.29) is 23.1 Å². The number of benzene rings is 1. The number of nitrogens with zero attached hydrogens (tertiary/aromatic N) is 3. The molecule has 0 saturated carbocycles. The van der Waals surface area contributed by atoms with Crippen molar-refractivity contribution in [3.05, 3.63) is 92.7 Å². The standard InChI is InChI=1S/C23H21F3N4O2/c1-14-10-16(11-15-2-4-18(5-3-15)23(24,25)26)12-20(27-14)17-8-9-30(13-17)22(32)19-6-7-21(31)29-28-19/h2-7,10,12,17H,8-9,11,13H2,1H3,(H,29,31)/t17-/m0/s1. The summed E-state index contributed by atoms with van der Waals surface area (Å²) >= 11 is 0. The lowest BCUT2D eigenvalue weighted by atomic mass is 9.98. The third-order valence-corrected chi connectivity index (χ3v) is 5.51. The molecule has 32 heavy (non-hydrogen) atoms. The molecule has 1 amide bonds. The predicted octanol–water partition coefficient (Wildman–Crippen LogP) is 3.71. The smallest absolute Gasteiger partial charge is 0.337 e. The molecule has 0 aliphatic carbocycles. The second-order valence-electron chi connectivity index (χ2n) is 7.96. The molecule has 4 rings (SSSR count). The van der Waals surface area contributed by atoms with E-state index in [1.165, 1.54) is 24.3 Å². The number of aromatic nitrogens is 3. The molecule has 6 nitrogen and oxygen atoms in total. The number of likely N-dealkylation sites (tertiary alicyclic amines) is 1. The van der Waals surface area contributed by atoms with E-state index in [0.29, 0.717) is 19.5 Å². The Labute approximate surface area is 182 Å². The number of carbonyl (C=O) groups is 1. The lowest BCUT2D eigenvalue weighted by molar-refractivity contribution is -0.137. The molecule has 3 heterocycles. The van der Waals surface area contributed by atoms with Crippen LogP contribution in [0.2, 0.25) is 0 Å². The van der Waals surface area contributed by atoms with Crippen molar-refractivity contribution >= 4 is 5.91 Å². The van der Waals surface area contributed by atoms with Gasteiger partial charge in [0.05, 0.1) is 5.56 Å². The molecule has 166 valence electrons. The fourth-order valence-electron chi connectivity index (χ4n) is 3.94. The second kappa shape index (κ2) is 8.57.